The van der Waals surface area contributed by atoms with Gasteiger partial charge >= 0.3 is 5.97 Å². The number of esters is 1. The summed E-state index contributed by atoms with van der Waals surface area (Å²) in [5.74, 6) is 0.784. The van der Waals surface area contributed by atoms with Gasteiger partial charge in [-0.2, -0.15) is 0 Å². The minimum absolute atomic E-state index is 0.139. The third kappa shape index (κ3) is 5.85. The van der Waals surface area contributed by atoms with Crippen LogP contribution in [0.2, 0.25) is 0 Å². The van der Waals surface area contributed by atoms with Crippen molar-refractivity contribution in [3.63, 3.8) is 0 Å². The second-order valence-electron chi connectivity index (χ2n) is 8.07. The predicted molar refractivity (Wildman–Crippen MR) is 121 cm³/mol. The summed E-state index contributed by atoms with van der Waals surface area (Å²) in [6, 6.07) is 15.0. The largest absolute Gasteiger partial charge is 0.496 e. The maximum Gasteiger partial charge on any atom is 0.338 e. The number of nitrogens with zero attached hydrogens (tertiary/aromatic N) is 2. The molecule has 3 rings (SSSR count). The number of ether oxygens (including phenoxy) is 2. The number of hydrogen-bond acceptors (Lipinski definition) is 5. The molecule has 1 saturated heterocycles. The third-order valence-electron chi connectivity index (χ3n) is 6.04. The quantitative estimate of drug-likeness (QED) is 0.607. The summed E-state index contributed by atoms with van der Waals surface area (Å²) < 4.78 is 10.3. The maximum atomic E-state index is 12.9. The predicted octanol–water partition coefficient (Wildman–Crippen LogP) is 3.51. The van der Waals surface area contributed by atoms with Gasteiger partial charge in [-0.1, -0.05) is 30.3 Å². The fourth-order valence-corrected chi connectivity index (χ4v) is 4.21. The molecule has 1 fully saturated rings. The van der Waals surface area contributed by atoms with Crippen LogP contribution in [0.3, 0.4) is 0 Å². The number of methoxy groups -OCH3 is 2. The van der Waals surface area contributed by atoms with E-state index in [0.29, 0.717) is 23.6 Å². The van der Waals surface area contributed by atoms with Gasteiger partial charge in [0.15, 0.2) is 0 Å². The van der Waals surface area contributed by atoms with Crippen LogP contribution in [0.4, 0.5) is 0 Å². The van der Waals surface area contributed by atoms with Crippen LogP contribution in [0, 0.1) is 5.92 Å². The molecule has 1 aliphatic rings. The van der Waals surface area contributed by atoms with E-state index in [1.54, 1.807) is 36.3 Å². The van der Waals surface area contributed by atoms with Crippen molar-refractivity contribution in [2.24, 2.45) is 5.92 Å². The first-order valence-corrected chi connectivity index (χ1v) is 10.8. The number of rotatable bonds is 8. The van der Waals surface area contributed by atoms with Crippen LogP contribution in [0.15, 0.2) is 48.5 Å². The van der Waals surface area contributed by atoms with Gasteiger partial charge in [0.1, 0.15) is 5.75 Å². The number of piperidine rings is 1. The van der Waals surface area contributed by atoms with Crippen molar-refractivity contribution in [1.82, 2.24) is 9.80 Å². The average Bonchev–Trinajstić information content (AvgIpc) is 2.82. The molecule has 1 amide bonds. The highest BCUT2D eigenvalue weighted by molar-refractivity contribution is 6.05. The zero-order valence-electron chi connectivity index (χ0n) is 18.7. The van der Waals surface area contributed by atoms with Crippen LogP contribution in [0.1, 0.15) is 39.1 Å². The Hall–Kier alpha value is -2.86. The van der Waals surface area contributed by atoms with Gasteiger partial charge in [-0.3, -0.25) is 4.79 Å². The molecule has 2 aromatic carbocycles. The molecule has 1 heterocycles. The van der Waals surface area contributed by atoms with Gasteiger partial charge in [0.25, 0.3) is 5.91 Å². The molecule has 0 N–H and O–H groups in total. The summed E-state index contributed by atoms with van der Waals surface area (Å²) >= 11 is 0. The Kier molecular flexibility index (Phi) is 8.06. The number of para-hydroxylation sites is 1. The van der Waals surface area contributed by atoms with Gasteiger partial charge in [-0.25, -0.2) is 4.79 Å². The lowest BCUT2D eigenvalue weighted by Gasteiger charge is -2.34. The van der Waals surface area contributed by atoms with Crippen molar-refractivity contribution < 1.29 is 19.1 Å². The minimum atomic E-state index is -0.485. The van der Waals surface area contributed by atoms with Crippen molar-refractivity contribution in [3.8, 4) is 5.75 Å². The van der Waals surface area contributed by atoms with Crippen LogP contribution in [-0.4, -0.2) is 69.1 Å². The summed E-state index contributed by atoms with van der Waals surface area (Å²) in [6.45, 7) is 3.75. The van der Waals surface area contributed by atoms with E-state index in [9.17, 15) is 9.59 Å². The summed E-state index contributed by atoms with van der Waals surface area (Å²) in [6.07, 6.45) is 3.09. The average molecular weight is 425 g/mol. The first-order valence-electron chi connectivity index (χ1n) is 10.8. The number of carbonyl (C=O) groups excluding carboxylic acids is 2. The lowest BCUT2D eigenvalue weighted by molar-refractivity contribution is 0.0589. The molecule has 6 heteroatoms. The van der Waals surface area contributed by atoms with Gasteiger partial charge < -0.3 is 19.3 Å². The smallest absolute Gasteiger partial charge is 0.338 e. The molecule has 0 aromatic heterocycles. The fourth-order valence-electron chi connectivity index (χ4n) is 4.21. The van der Waals surface area contributed by atoms with Crippen LogP contribution in [0.5, 0.6) is 5.75 Å². The Labute approximate surface area is 184 Å². The molecular formula is C25H32N2O4. The molecule has 166 valence electrons. The molecule has 1 aliphatic heterocycles. The normalized spacial score (nSPS) is 14.8. The van der Waals surface area contributed by atoms with E-state index in [0.717, 1.165) is 44.6 Å². The number of hydrogen-bond donors (Lipinski definition) is 0. The van der Waals surface area contributed by atoms with Crippen molar-refractivity contribution in [1.29, 1.82) is 0 Å². The van der Waals surface area contributed by atoms with E-state index in [1.165, 1.54) is 12.7 Å². The topological polar surface area (TPSA) is 59.1 Å². The van der Waals surface area contributed by atoms with E-state index < -0.39 is 5.97 Å². The summed E-state index contributed by atoms with van der Waals surface area (Å²) in [5.41, 5.74) is 1.95. The molecule has 0 unspecified atom stereocenters. The summed E-state index contributed by atoms with van der Waals surface area (Å²) in [4.78, 5) is 29.1. The lowest BCUT2D eigenvalue weighted by atomic mass is 9.95. The van der Waals surface area contributed by atoms with E-state index in [1.807, 2.05) is 19.2 Å². The van der Waals surface area contributed by atoms with Gasteiger partial charge in [-0.05, 0) is 62.0 Å². The van der Waals surface area contributed by atoms with Crippen LogP contribution in [0.25, 0.3) is 0 Å². The standard InChI is InChI=1S/C25H32N2O4/c1-26(24(28)21-9-5-6-10-22(21)25(29)31-3)18-19-12-15-27(16-13-19)17-14-20-8-4-7-11-23(20)30-2/h4-11,19H,12-18H2,1-3H3. The fraction of sp³-hybridized carbons (Fsp3) is 0.440. The third-order valence-corrected chi connectivity index (χ3v) is 6.04. The van der Waals surface area contributed by atoms with Crippen molar-refractivity contribution >= 4 is 11.9 Å². The highest BCUT2D eigenvalue weighted by Gasteiger charge is 2.25. The second kappa shape index (κ2) is 11.0. The molecular weight excluding hydrogens is 392 g/mol. The van der Waals surface area contributed by atoms with E-state index >= 15 is 0 Å². The Balaban J connectivity index is 1.49. The van der Waals surface area contributed by atoms with Crippen molar-refractivity contribution in [2.45, 2.75) is 19.3 Å². The molecule has 0 spiro atoms. The molecule has 6 nitrogen and oxygen atoms in total. The van der Waals surface area contributed by atoms with E-state index in [-0.39, 0.29) is 5.91 Å². The van der Waals surface area contributed by atoms with Gasteiger partial charge in [-0.15, -0.1) is 0 Å². The molecule has 31 heavy (non-hydrogen) atoms. The van der Waals surface area contributed by atoms with Gasteiger partial charge in [0.2, 0.25) is 0 Å². The molecule has 0 radical (unpaired) electrons. The maximum absolute atomic E-state index is 12.9. The van der Waals surface area contributed by atoms with Crippen LogP contribution >= 0.6 is 0 Å². The number of likely N-dealkylation sites (tertiary alicyclic amines) is 1. The van der Waals surface area contributed by atoms with Crippen molar-refractivity contribution in [2.75, 3.05) is 47.4 Å². The second-order valence-corrected chi connectivity index (χ2v) is 8.07. The zero-order valence-corrected chi connectivity index (χ0v) is 18.7. The first-order chi connectivity index (χ1) is 15.0. The number of benzene rings is 2. The van der Waals surface area contributed by atoms with Crippen LogP contribution in [-0.2, 0) is 11.2 Å². The van der Waals surface area contributed by atoms with E-state index in [4.69, 9.17) is 9.47 Å². The highest BCUT2D eigenvalue weighted by atomic mass is 16.5. The lowest BCUT2D eigenvalue weighted by Crippen LogP contribution is -2.40. The Morgan fingerprint density at radius 2 is 1.65 bits per heavy atom. The molecule has 0 aliphatic carbocycles. The zero-order chi connectivity index (χ0) is 22.2. The van der Waals surface area contributed by atoms with Gasteiger partial charge in [0.05, 0.1) is 25.3 Å². The van der Waals surface area contributed by atoms with Crippen molar-refractivity contribution in [3.05, 3.63) is 65.2 Å². The molecule has 0 atom stereocenters. The molecule has 2 aromatic rings. The van der Waals surface area contributed by atoms with Gasteiger partial charge in [0, 0.05) is 20.1 Å². The highest BCUT2D eigenvalue weighted by Crippen LogP contribution is 2.22. The Morgan fingerprint density at radius 1 is 1.00 bits per heavy atom. The monoisotopic (exact) mass is 424 g/mol. The number of carbonyl (C=O) groups is 2. The van der Waals surface area contributed by atoms with E-state index in [2.05, 4.69) is 17.0 Å². The minimum Gasteiger partial charge on any atom is -0.496 e. The molecule has 0 bridgehead atoms. The summed E-state index contributed by atoms with van der Waals surface area (Å²) in [7, 11) is 4.85. The number of amides is 1. The summed E-state index contributed by atoms with van der Waals surface area (Å²) in [5, 5.41) is 0. The molecule has 0 saturated carbocycles. The Morgan fingerprint density at radius 3 is 2.32 bits per heavy atom. The SMILES string of the molecule is COC(=O)c1ccccc1C(=O)N(C)CC1CCN(CCc2ccccc2OC)CC1. The van der Waals surface area contributed by atoms with Crippen LogP contribution < -0.4 is 4.74 Å². The Bertz CT molecular complexity index is 891. The first kappa shape index (κ1) is 22.8.